The number of thioether (sulfide) groups is 1. The molecular weight excluding hydrogens is 282 g/mol. The SMILES string of the molecule is CSc1cccc(NC(C)Cc2ccccc2)c1C(=O)O. The molecule has 0 aliphatic carbocycles. The molecule has 0 radical (unpaired) electrons. The molecule has 1 atom stereocenters. The topological polar surface area (TPSA) is 49.3 Å². The van der Waals surface area contributed by atoms with Gasteiger partial charge in [0.2, 0.25) is 0 Å². The summed E-state index contributed by atoms with van der Waals surface area (Å²) in [6.07, 6.45) is 2.74. The molecular formula is C17H19NO2S. The smallest absolute Gasteiger partial charge is 0.338 e. The molecule has 21 heavy (non-hydrogen) atoms. The minimum absolute atomic E-state index is 0.155. The Hall–Kier alpha value is -1.94. The van der Waals surface area contributed by atoms with Crippen LogP contribution in [0.4, 0.5) is 5.69 Å². The number of rotatable bonds is 6. The third kappa shape index (κ3) is 4.02. The van der Waals surface area contributed by atoms with Crippen molar-refractivity contribution in [2.24, 2.45) is 0 Å². The van der Waals surface area contributed by atoms with E-state index in [0.717, 1.165) is 11.3 Å². The van der Waals surface area contributed by atoms with Crippen molar-refractivity contribution in [3.05, 3.63) is 59.7 Å². The minimum Gasteiger partial charge on any atom is -0.478 e. The quantitative estimate of drug-likeness (QED) is 0.787. The van der Waals surface area contributed by atoms with Gasteiger partial charge >= 0.3 is 5.97 Å². The van der Waals surface area contributed by atoms with Crippen molar-refractivity contribution in [3.63, 3.8) is 0 Å². The second-order valence-corrected chi connectivity index (χ2v) is 5.77. The molecule has 0 heterocycles. The number of carboxylic acids is 1. The van der Waals surface area contributed by atoms with Gasteiger partial charge in [-0.2, -0.15) is 0 Å². The fourth-order valence-corrected chi connectivity index (χ4v) is 2.94. The number of carbonyl (C=O) groups is 1. The Morgan fingerprint density at radius 2 is 1.90 bits per heavy atom. The van der Waals surface area contributed by atoms with Gasteiger partial charge in [-0.05, 0) is 37.3 Å². The third-order valence-electron chi connectivity index (χ3n) is 3.25. The average Bonchev–Trinajstić information content (AvgIpc) is 2.47. The van der Waals surface area contributed by atoms with Crippen LogP contribution in [0.1, 0.15) is 22.8 Å². The molecule has 3 nitrogen and oxygen atoms in total. The number of hydrogen-bond donors (Lipinski definition) is 2. The minimum atomic E-state index is -0.894. The van der Waals surface area contributed by atoms with Crippen LogP contribution in [0, 0.1) is 0 Å². The maximum Gasteiger partial charge on any atom is 0.338 e. The molecule has 0 aliphatic heterocycles. The van der Waals surface area contributed by atoms with E-state index >= 15 is 0 Å². The van der Waals surface area contributed by atoms with Crippen molar-refractivity contribution in [1.82, 2.24) is 0 Å². The number of nitrogens with one attached hydrogen (secondary N) is 1. The first-order chi connectivity index (χ1) is 10.1. The third-order valence-corrected chi connectivity index (χ3v) is 4.03. The van der Waals surface area contributed by atoms with Crippen LogP contribution in [0.15, 0.2) is 53.4 Å². The first-order valence-corrected chi connectivity index (χ1v) is 8.05. The summed E-state index contributed by atoms with van der Waals surface area (Å²) >= 11 is 1.45. The zero-order valence-corrected chi connectivity index (χ0v) is 13.0. The zero-order chi connectivity index (χ0) is 15.2. The summed E-state index contributed by atoms with van der Waals surface area (Å²) in [6.45, 7) is 2.06. The highest BCUT2D eigenvalue weighted by atomic mass is 32.2. The van der Waals surface area contributed by atoms with E-state index in [-0.39, 0.29) is 6.04 Å². The van der Waals surface area contributed by atoms with Gasteiger partial charge in [0.05, 0.1) is 11.3 Å². The Morgan fingerprint density at radius 1 is 1.19 bits per heavy atom. The summed E-state index contributed by atoms with van der Waals surface area (Å²) in [5.41, 5.74) is 2.26. The second kappa shape index (κ2) is 7.18. The Labute approximate surface area is 129 Å². The number of aromatic carboxylic acids is 1. The van der Waals surface area contributed by atoms with Gasteiger partial charge in [-0.3, -0.25) is 0 Å². The van der Waals surface area contributed by atoms with Crippen molar-refractivity contribution in [1.29, 1.82) is 0 Å². The lowest BCUT2D eigenvalue weighted by atomic mass is 10.1. The van der Waals surface area contributed by atoms with Crippen LogP contribution in [0.5, 0.6) is 0 Å². The highest BCUT2D eigenvalue weighted by Crippen LogP contribution is 2.27. The summed E-state index contributed by atoms with van der Waals surface area (Å²) < 4.78 is 0. The number of hydrogen-bond acceptors (Lipinski definition) is 3. The van der Waals surface area contributed by atoms with Crippen LogP contribution in [-0.2, 0) is 6.42 Å². The summed E-state index contributed by atoms with van der Waals surface area (Å²) in [6, 6.07) is 15.9. The molecule has 2 N–H and O–H groups in total. The van der Waals surface area contributed by atoms with Gasteiger partial charge in [-0.25, -0.2) is 4.79 Å². The molecule has 4 heteroatoms. The molecule has 1 unspecified atom stereocenters. The van der Waals surface area contributed by atoms with E-state index in [1.54, 1.807) is 0 Å². The van der Waals surface area contributed by atoms with E-state index in [2.05, 4.69) is 24.4 Å². The molecule has 0 amide bonds. The highest BCUT2D eigenvalue weighted by molar-refractivity contribution is 7.98. The van der Waals surface area contributed by atoms with Crippen molar-refractivity contribution in [2.75, 3.05) is 11.6 Å². The van der Waals surface area contributed by atoms with E-state index in [9.17, 15) is 9.90 Å². The lowest BCUT2D eigenvalue weighted by Crippen LogP contribution is -2.20. The maximum absolute atomic E-state index is 11.5. The van der Waals surface area contributed by atoms with Gasteiger partial charge in [0.25, 0.3) is 0 Å². The van der Waals surface area contributed by atoms with Gasteiger partial charge in [0, 0.05) is 10.9 Å². The van der Waals surface area contributed by atoms with Crippen molar-refractivity contribution in [3.8, 4) is 0 Å². The summed E-state index contributed by atoms with van der Waals surface area (Å²) in [7, 11) is 0. The van der Waals surface area contributed by atoms with E-state index in [4.69, 9.17) is 0 Å². The maximum atomic E-state index is 11.5. The molecule has 0 spiro atoms. The Kier molecular flexibility index (Phi) is 5.28. The summed E-state index contributed by atoms with van der Waals surface area (Å²) in [4.78, 5) is 12.3. The fourth-order valence-electron chi connectivity index (χ4n) is 2.33. The fraction of sp³-hybridized carbons (Fsp3) is 0.235. The van der Waals surface area contributed by atoms with Gasteiger partial charge < -0.3 is 10.4 Å². The number of carboxylic acid groups (broad SMARTS) is 1. The van der Waals surface area contributed by atoms with E-state index in [1.165, 1.54) is 17.3 Å². The molecule has 0 bridgehead atoms. The second-order valence-electron chi connectivity index (χ2n) is 4.92. The van der Waals surface area contributed by atoms with E-state index in [1.807, 2.05) is 42.7 Å². The molecule has 110 valence electrons. The van der Waals surface area contributed by atoms with E-state index in [0.29, 0.717) is 11.3 Å². The van der Waals surface area contributed by atoms with Gasteiger partial charge in [0.15, 0.2) is 0 Å². The Bertz CT molecular complexity index is 613. The van der Waals surface area contributed by atoms with Crippen LogP contribution in [0.2, 0.25) is 0 Å². The molecule has 2 rings (SSSR count). The predicted octanol–water partition coefficient (Wildman–Crippen LogP) is 4.15. The van der Waals surface area contributed by atoms with Crippen LogP contribution in [0.25, 0.3) is 0 Å². The lowest BCUT2D eigenvalue weighted by molar-refractivity contribution is 0.0694. The van der Waals surface area contributed by atoms with Crippen LogP contribution in [-0.4, -0.2) is 23.4 Å². The number of benzene rings is 2. The van der Waals surface area contributed by atoms with Crippen molar-refractivity contribution >= 4 is 23.4 Å². The summed E-state index contributed by atoms with van der Waals surface area (Å²) in [5.74, 6) is -0.894. The zero-order valence-electron chi connectivity index (χ0n) is 12.2. The highest BCUT2D eigenvalue weighted by Gasteiger charge is 2.16. The largest absolute Gasteiger partial charge is 0.478 e. The van der Waals surface area contributed by atoms with Gasteiger partial charge in [0.1, 0.15) is 0 Å². The monoisotopic (exact) mass is 301 g/mol. The standard InChI is InChI=1S/C17H19NO2S/c1-12(11-13-7-4-3-5-8-13)18-14-9-6-10-15(21-2)16(14)17(19)20/h3-10,12,18H,11H2,1-2H3,(H,19,20). The summed E-state index contributed by atoms with van der Waals surface area (Å²) in [5, 5.41) is 12.7. The normalized spacial score (nSPS) is 11.9. The molecule has 2 aromatic rings. The first-order valence-electron chi connectivity index (χ1n) is 6.82. The number of anilines is 1. The average molecular weight is 301 g/mol. The van der Waals surface area contributed by atoms with Crippen LogP contribution < -0.4 is 5.32 Å². The molecule has 2 aromatic carbocycles. The molecule has 0 aliphatic rings. The van der Waals surface area contributed by atoms with E-state index < -0.39 is 5.97 Å². The Balaban J connectivity index is 2.17. The lowest BCUT2D eigenvalue weighted by Gasteiger charge is -2.18. The first kappa shape index (κ1) is 15.4. The van der Waals surface area contributed by atoms with Crippen molar-refractivity contribution < 1.29 is 9.90 Å². The molecule has 0 fully saturated rings. The predicted molar refractivity (Wildman–Crippen MR) is 88.4 cm³/mol. The van der Waals surface area contributed by atoms with Crippen LogP contribution >= 0.6 is 11.8 Å². The van der Waals surface area contributed by atoms with Crippen LogP contribution in [0.3, 0.4) is 0 Å². The van der Waals surface area contributed by atoms with Gasteiger partial charge in [-0.1, -0.05) is 36.4 Å². The van der Waals surface area contributed by atoms with Gasteiger partial charge in [-0.15, -0.1) is 11.8 Å². The van der Waals surface area contributed by atoms with Crippen molar-refractivity contribution in [2.45, 2.75) is 24.3 Å². The molecule has 0 saturated carbocycles. The molecule has 0 saturated heterocycles. The Morgan fingerprint density at radius 3 is 2.52 bits per heavy atom. The molecule has 0 aromatic heterocycles.